The van der Waals surface area contributed by atoms with Gasteiger partial charge in [-0.1, -0.05) is 162 Å². The number of rotatable bonds is 32. The Labute approximate surface area is 333 Å². The molecular formula is C50H80N2O2. The topological polar surface area (TPSA) is 32.8 Å². The molecule has 0 aromatic heterocycles. The van der Waals surface area contributed by atoms with Crippen molar-refractivity contribution < 1.29 is 9.53 Å². The monoisotopic (exact) mass is 741 g/mol. The fraction of sp³-hybridized carbons (Fsp3) is 0.660. The Balaban J connectivity index is 1.67. The average Bonchev–Trinajstić information content (AvgIpc) is 3.19. The number of anilines is 2. The van der Waals surface area contributed by atoms with Crippen molar-refractivity contribution >= 4 is 17.7 Å². The normalized spacial score (nSPS) is 14.1. The Morgan fingerprint density at radius 3 is 1.69 bits per heavy atom. The Hall–Kier alpha value is -3.01. The Kier molecular flexibility index (Phi) is 23.2. The van der Waals surface area contributed by atoms with E-state index in [1.54, 1.807) is 0 Å². The van der Waals surface area contributed by atoms with Crippen LogP contribution in [0.2, 0.25) is 0 Å². The predicted octanol–water partition coefficient (Wildman–Crippen LogP) is 15.5. The molecule has 1 heterocycles. The van der Waals surface area contributed by atoms with Crippen LogP contribution in [0.4, 0.5) is 11.4 Å². The third-order valence-electron chi connectivity index (χ3n) is 11.5. The van der Waals surface area contributed by atoms with E-state index in [0.29, 0.717) is 0 Å². The molecule has 4 nitrogen and oxygen atoms in total. The molecule has 2 aromatic rings. The molecule has 0 N–H and O–H groups in total. The first-order valence-corrected chi connectivity index (χ1v) is 22.8. The molecule has 1 aliphatic heterocycles. The first-order chi connectivity index (χ1) is 26.5. The van der Waals surface area contributed by atoms with E-state index >= 15 is 0 Å². The van der Waals surface area contributed by atoms with Gasteiger partial charge in [-0.05, 0) is 63.5 Å². The van der Waals surface area contributed by atoms with Gasteiger partial charge in [-0.15, -0.1) is 0 Å². The Morgan fingerprint density at radius 2 is 1.15 bits per heavy atom. The number of aldehydes is 1. The summed E-state index contributed by atoms with van der Waals surface area (Å²) in [5.41, 5.74) is 5.90. The predicted molar refractivity (Wildman–Crippen MR) is 237 cm³/mol. The Morgan fingerprint density at radius 1 is 0.648 bits per heavy atom. The second-order valence-electron chi connectivity index (χ2n) is 16.1. The van der Waals surface area contributed by atoms with Gasteiger partial charge < -0.3 is 19.3 Å². The fourth-order valence-electron chi connectivity index (χ4n) is 7.93. The number of ether oxygens (including phenoxy) is 1. The zero-order chi connectivity index (χ0) is 38.8. The number of unbranched alkanes of at least 4 members (excludes halogenated alkanes) is 16. The molecule has 0 spiro atoms. The molecule has 302 valence electrons. The zero-order valence-electron chi connectivity index (χ0n) is 35.7. The number of nitrogens with zero attached hydrogens (tertiary/aromatic N) is 2. The van der Waals surface area contributed by atoms with Crippen molar-refractivity contribution in [2.75, 3.05) is 29.4 Å². The number of hydrogen-bond acceptors (Lipinski definition) is 4. The van der Waals surface area contributed by atoms with Gasteiger partial charge >= 0.3 is 0 Å². The van der Waals surface area contributed by atoms with E-state index in [9.17, 15) is 4.79 Å². The van der Waals surface area contributed by atoms with E-state index in [0.717, 1.165) is 81.0 Å². The van der Waals surface area contributed by atoms with Gasteiger partial charge in [0.25, 0.3) is 0 Å². The van der Waals surface area contributed by atoms with E-state index in [4.69, 9.17) is 4.74 Å². The first kappa shape index (κ1) is 45.4. The highest BCUT2D eigenvalue weighted by Gasteiger charge is 2.31. The van der Waals surface area contributed by atoms with Crippen LogP contribution in [0.25, 0.3) is 0 Å². The average molecular weight is 741 g/mol. The molecule has 0 bridgehead atoms. The van der Waals surface area contributed by atoms with Crippen molar-refractivity contribution in [2.45, 2.75) is 188 Å². The maximum Gasteiger partial charge on any atom is 0.133 e. The lowest BCUT2D eigenvalue weighted by atomic mass is 9.80. The lowest BCUT2D eigenvalue weighted by molar-refractivity contribution is -0.111. The minimum atomic E-state index is -0.0393. The van der Waals surface area contributed by atoms with Crippen LogP contribution in [0.3, 0.4) is 0 Å². The zero-order valence-corrected chi connectivity index (χ0v) is 35.7. The molecule has 0 saturated carbocycles. The van der Waals surface area contributed by atoms with Crippen molar-refractivity contribution in [2.24, 2.45) is 5.92 Å². The van der Waals surface area contributed by atoms with Crippen molar-refractivity contribution in [1.29, 1.82) is 0 Å². The minimum absolute atomic E-state index is 0.0393. The van der Waals surface area contributed by atoms with E-state index in [1.807, 2.05) is 0 Å². The summed E-state index contributed by atoms with van der Waals surface area (Å²) in [6.45, 7) is 18.7. The fourth-order valence-corrected chi connectivity index (χ4v) is 7.93. The maximum absolute atomic E-state index is 12.6. The summed E-state index contributed by atoms with van der Waals surface area (Å²) >= 11 is 0. The van der Waals surface area contributed by atoms with Crippen LogP contribution in [-0.2, 0) is 4.79 Å². The largest absolute Gasteiger partial charge is 0.457 e. The summed E-state index contributed by atoms with van der Waals surface area (Å²) in [6.07, 6.45) is 34.3. The van der Waals surface area contributed by atoms with E-state index in [2.05, 4.69) is 99.5 Å². The molecule has 1 aliphatic rings. The molecule has 0 aliphatic carbocycles. The van der Waals surface area contributed by atoms with Crippen molar-refractivity contribution in [1.82, 2.24) is 0 Å². The van der Waals surface area contributed by atoms with Gasteiger partial charge in [-0.3, -0.25) is 0 Å². The molecule has 2 atom stereocenters. The van der Waals surface area contributed by atoms with Crippen molar-refractivity contribution in [3.05, 3.63) is 72.0 Å². The van der Waals surface area contributed by atoms with Gasteiger partial charge in [-0.25, -0.2) is 0 Å². The number of carbonyl (C=O) groups is 1. The lowest BCUT2D eigenvalue weighted by Crippen LogP contribution is -2.26. The summed E-state index contributed by atoms with van der Waals surface area (Å²) < 4.78 is 6.84. The van der Waals surface area contributed by atoms with E-state index in [1.165, 1.54) is 132 Å². The quantitative estimate of drug-likeness (QED) is 0.0425. The summed E-state index contributed by atoms with van der Waals surface area (Å²) in [4.78, 5) is 17.5. The molecule has 0 saturated heterocycles. The summed E-state index contributed by atoms with van der Waals surface area (Å²) in [7, 11) is 0. The highest BCUT2D eigenvalue weighted by Crippen LogP contribution is 2.49. The van der Waals surface area contributed by atoms with Crippen LogP contribution >= 0.6 is 0 Å². The standard InChI is InChI=1S/C50H80N2O2/c1-7-12-16-17-18-19-20-21-22-23-24-25-26-27-28-29-30-43(41-53)38-48-46-33-31-44(51(35-13-8-2)36-14-9-3)39-49(46)54-50-40-45(32-34-47(48)50)52(37-15-10-4)42(6)11-5/h28-29,31-34,39-41,43,48H,6-27,30,35-38H2,1-5H3/b29-28+. The van der Waals surface area contributed by atoms with Crippen LogP contribution in [-0.4, -0.2) is 25.9 Å². The van der Waals surface area contributed by atoms with Crippen LogP contribution < -0.4 is 14.5 Å². The molecule has 3 rings (SSSR count). The number of carbonyl (C=O) groups excluding carboxylic acids is 1. The number of hydrogen-bond donors (Lipinski definition) is 0. The van der Waals surface area contributed by atoms with Gasteiger partial charge in [0.05, 0.1) is 0 Å². The lowest BCUT2D eigenvalue weighted by Gasteiger charge is -2.33. The summed E-state index contributed by atoms with van der Waals surface area (Å²) in [6, 6.07) is 13.6. The van der Waals surface area contributed by atoms with Gasteiger partial charge in [0, 0.05) is 71.8 Å². The molecule has 0 amide bonds. The highest BCUT2D eigenvalue weighted by atomic mass is 16.5. The van der Waals surface area contributed by atoms with Crippen LogP contribution in [0.5, 0.6) is 11.5 Å². The Bertz CT molecular complexity index is 1340. The van der Waals surface area contributed by atoms with Gasteiger partial charge in [0.2, 0.25) is 0 Å². The molecular weight excluding hydrogens is 661 g/mol. The highest BCUT2D eigenvalue weighted by molar-refractivity contribution is 5.65. The van der Waals surface area contributed by atoms with Crippen molar-refractivity contribution in [3.8, 4) is 11.5 Å². The van der Waals surface area contributed by atoms with Crippen molar-refractivity contribution in [3.63, 3.8) is 0 Å². The van der Waals surface area contributed by atoms with Crippen LogP contribution in [0.15, 0.2) is 60.8 Å². The maximum atomic E-state index is 12.6. The second kappa shape index (κ2) is 27.6. The third kappa shape index (κ3) is 15.6. The second-order valence-corrected chi connectivity index (χ2v) is 16.1. The van der Waals surface area contributed by atoms with Gasteiger partial charge in [0.15, 0.2) is 0 Å². The molecule has 2 aromatic carbocycles. The first-order valence-electron chi connectivity index (χ1n) is 22.8. The summed E-state index contributed by atoms with van der Waals surface area (Å²) in [5.74, 6) is 1.93. The van der Waals surface area contributed by atoms with E-state index < -0.39 is 0 Å². The SMILES string of the molecule is C=C(CC)N(CCCC)c1ccc2c(c1)Oc1cc(N(CCCC)CCCC)ccc1C2CC(C=O)C/C=C/CCCCCCCCCCCCCCC. The van der Waals surface area contributed by atoms with Crippen LogP contribution in [0, 0.1) is 5.92 Å². The molecule has 2 unspecified atom stereocenters. The number of allylic oxidation sites excluding steroid dienone is 3. The van der Waals surface area contributed by atoms with E-state index in [-0.39, 0.29) is 11.8 Å². The number of benzene rings is 2. The molecule has 0 radical (unpaired) electrons. The third-order valence-corrected chi connectivity index (χ3v) is 11.5. The smallest absolute Gasteiger partial charge is 0.133 e. The van der Waals surface area contributed by atoms with Gasteiger partial charge in [-0.2, -0.15) is 0 Å². The molecule has 54 heavy (non-hydrogen) atoms. The summed E-state index contributed by atoms with van der Waals surface area (Å²) in [5, 5.41) is 0. The van der Waals surface area contributed by atoms with Crippen LogP contribution in [0.1, 0.15) is 199 Å². The van der Waals surface area contributed by atoms with Gasteiger partial charge in [0.1, 0.15) is 17.8 Å². The molecule has 4 heteroatoms. The minimum Gasteiger partial charge on any atom is -0.457 e. The molecule has 0 fully saturated rings. The number of fused-ring (bicyclic) bond motifs is 2.